The first-order valence-electron chi connectivity index (χ1n) is 13.9. The Morgan fingerprint density at radius 1 is 1.00 bits per heavy atom. The van der Waals surface area contributed by atoms with E-state index < -0.39 is 0 Å². The van der Waals surface area contributed by atoms with Crippen LogP contribution in [0.2, 0.25) is 0 Å². The van der Waals surface area contributed by atoms with E-state index in [-0.39, 0.29) is 29.2 Å². The van der Waals surface area contributed by atoms with Gasteiger partial charge in [-0.05, 0) is 70.9 Å². The molecule has 2 aromatic carbocycles. The van der Waals surface area contributed by atoms with Crippen molar-refractivity contribution in [1.82, 2.24) is 0 Å². The predicted molar refractivity (Wildman–Crippen MR) is 151 cm³/mol. The second-order valence-electron chi connectivity index (χ2n) is 11.9. The summed E-state index contributed by atoms with van der Waals surface area (Å²) in [6.07, 6.45) is 9.70. The SMILES string of the molecule is CCCCCCC(C)(C)c1cc(OC)c(C2C=C(CO)C3C[C@@H]2C3(C)C)c(OC)c1.Fc1ccccc1. The summed E-state index contributed by atoms with van der Waals surface area (Å²) in [4.78, 5) is 0. The maximum Gasteiger partial charge on any atom is 0.126 e. The minimum absolute atomic E-state index is 0.0757. The standard InChI is InChI=1S/C27H42O3.C6H5F/c1-8-9-10-11-12-26(2,3)19-14-23(29-6)25(24(15-19)30-7)20-13-18(17-28)21-16-22(20)27(21,4)5;7-6-4-2-1-3-5-6/h13-15,20-22,28H,8-12,16-17H2,1-7H3;1-5H/t20?,21?,22-;/m0./s1. The highest BCUT2D eigenvalue weighted by molar-refractivity contribution is 5.55. The summed E-state index contributed by atoms with van der Waals surface area (Å²) < 4.78 is 23.8. The van der Waals surface area contributed by atoms with Crippen LogP contribution in [0, 0.1) is 23.1 Å². The molecule has 1 N–H and O–H groups in total. The molecule has 0 spiro atoms. The average Bonchev–Trinajstić information content (AvgIpc) is 2.90. The fourth-order valence-corrected chi connectivity index (χ4v) is 6.32. The van der Waals surface area contributed by atoms with Crippen molar-refractivity contribution in [2.45, 2.75) is 84.5 Å². The van der Waals surface area contributed by atoms with E-state index in [1.165, 1.54) is 49.0 Å². The second-order valence-corrected chi connectivity index (χ2v) is 11.9. The van der Waals surface area contributed by atoms with Gasteiger partial charge >= 0.3 is 0 Å². The Morgan fingerprint density at radius 2 is 1.62 bits per heavy atom. The zero-order valence-corrected chi connectivity index (χ0v) is 23.9. The highest BCUT2D eigenvalue weighted by Crippen LogP contribution is 2.65. The molecule has 4 heteroatoms. The van der Waals surface area contributed by atoms with Gasteiger partial charge in [-0.3, -0.25) is 0 Å². The zero-order chi connectivity index (χ0) is 27.2. The third-order valence-electron chi connectivity index (χ3n) is 8.85. The number of allylic oxidation sites excluding steroid dienone is 1. The lowest BCUT2D eigenvalue weighted by Crippen LogP contribution is -2.51. The number of rotatable bonds is 10. The predicted octanol–water partition coefficient (Wildman–Crippen LogP) is 8.46. The molecule has 3 nitrogen and oxygen atoms in total. The molecule has 3 atom stereocenters. The molecule has 2 unspecified atom stereocenters. The Labute approximate surface area is 224 Å². The van der Waals surface area contributed by atoms with Crippen LogP contribution in [0.1, 0.15) is 90.2 Å². The second kappa shape index (κ2) is 12.5. The highest BCUT2D eigenvalue weighted by Gasteiger charge is 2.56. The van der Waals surface area contributed by atoms with Crippen molar-refractivity contribution < 1.29 is 19.0 Å². The number of aliphatic hydroxyl groups excluding tert-OH is 1. The molecule has 1 fully saturated rings. The van der Waals surface area contributed by atoms with Gasteiger partial charge in [-0.1, -0.05) is 84.6 Å². The minimum atomic E-state index is -0.178. The van der Waals surface area contributed by atoms with Crippen LogP contribution >= 0.6 is 0 Å². The summed E-state index contributed by atoms with van der Waals surface area (Å²) >= 11 is 0. The molecule has 204 valence electrons. The average molecular weight is 511 g/mol. The van der Waals surface area contributed by atoms with Crippen LogP contribution in [0.15, 0.2) is 54.1 Å². The van der Waals surface area contributed by atoms with Crippen LogP contribution in [0.25, 0.3) is 0 Å². The molecule has 0 aromatic heterocycles. The van der Waals surface area contributed by atoms with E-state index in [2.05, 4.69) is 52.8 Å². The summed E-state index contributed by atoms with van der Waals surface area (Å²) in [5.41, 5.74) is 3.88. The Hall–Kier alpha value is -2.33. The number of ether oxygens (including phenoxy) is 2. The van der Waals surface area contributed by atoms with Crippen molar-refractivity contribution in [2.75, 3.05) is 20.8 Å². The van der Waals surface area contributed by atoms with E-state index >= 15 is 0 Å². The van der Waals surface area contributed by atoms with Crippen LogP contribution in [-0.4, -0.2) is 25.9 Å². The molecule has 0 saturated heterocycles. The fraction of sp³-hybridized carbons (Fsp3) is 0.576. The first-order valence-corrected chi connectivity index (χ1v) is 13.9. The first kappa shape index (κ1) is 29.2. The summed E-state index contributed by atoms with van der Waals surface area (Å²) in [5, 5.41) is 9.98. The van der Waals surface area contributed by atoms with Crippen LogP contribution in [0.4, 0.5) is 4.39 Å². The Kier molecular flexibility index (Phi) is 9.86. The van der Waals surface area contributed by atoms with Crippen molar-refractivity contribution in [3.63, 3.8) is 0 Å². The van der Waals surface area contributed by atoms with Gasteiger partial charge < -0.3 is 14.6 Å². The fourth-order valence-electron chi connectivity index (χ4n) is 6.32. The highest BCUT2D eigenvalue weighted by atomic mass is 19.1. The number of halogens is 1. The van der Waals surface area contributed by atoms with Gasteiger partial charge in [0.25, 0.3) is 0 Å². The van der Waals surface area contributed by atoms with E-state index in [1.807, 2.05) is 0 Å². The number of fused-ring (bicyclic) bond motifs is 1. The van der Waals surface area contributed by atoms with Crippen LogP contribution in [0.3, 0.4) is 0 Å². The smallest absolute Gasteiger partial charge is 0.126 e. The molecule has 1 saturated carbocycles. The number of unbranched alkanes of at least 4 members (excludes halogenated alkanes) is 3. The summed E-state index contributed by atoms with van der Waals surface area (Å²) in [7, 11) is 3.54. The molecule has 0 radical (unpaired) electrons. The number of methoxy groups -OCH3 is 2. The van der Waals surface area contributed by atoms with Gasteiger partial charge in [-0.2, -0.15) is 0 Å². The Morgan fingerprint density at radius 3 is 2.08 bits per heavy atom. The molecule has 0 aliphatic heterocycles. The van der Waals surface area contributed by atoms with Gasteiger partial charge in [0.15, 0.2) is 0 Å². The molecule has 3 aliphatic carbocycles. The minimum Gasteiger partial charge on any atom is -0.496 e. The molecule has 2 aromatic rings. The van der Waals surface area contributed by atoms with Crippen LogP contribution in [-0.2, 0) is 5.41 Å². The third-order valence-corrected chi connectivity index (χ3v) is 8.85. The molecule has 0 amide bonds. The normalized spacial score (nSPS) is 21.8. The van der Waals surface area contributed by atoms with Crippen molar-refractivity contribution in [3.05, 3.63) is 71.1 Å². The number of hydrogen-bond acceptors (Lipinski definition) is 3. The van der Waals surface area contributed by atoms with Crippen molar-refractivity contribution >= 4 is 0 Å². The molecule has 3 aliphatic rings. The number of benzene rings is 2. The molecule has 37 heavy (non-hydrogen) atoms. The van der Waals surface area contributed by atoms with E-state index in [9.17, 15) is 9.50 Å². The lowest BCUT2D eigenvalue weighted by Gasteiger charge is -2.59. The van der Waals surface area contributed by atoms with E-state index in [0.717, 1.165) is 29.9 Å². The van der Waals surface area contributed by atoms with Crippen LogP contribution in [0.5, 0.6) is 11.5 Å². The van der Waals surface area contributed by atoms with Crippen molar-refractivity contribution in [2.24, 2.45) is 17.3 Å². The Bertz CT molecular complexity index is 1020. The molecular formula is C33H47FO3. The lowest BCUT2D eigenvalue weighted by molar-refractivity contribution is -0.0260. The lowest BCUT2D eigenvalue weighted by atomic mass is 9.45. The molecular weight excluding hydrogens is 463 g/mol. The zero-order valence-electron chi connectivity index (χ0n) is 23.9. The van der Waals surface area contributed by atoms with Gasteiger partial charge in [-0.25, -0.2) is 4.39 Å². The monoisotopic (exact) mass is 510 g/mol. The number of hydrogen-bond donors (Lipinski definition) is 1. The van der Waals surface area contributed by atoms with Gasteiger partial charge in [0.2, 0.25) is 0 Å². The molecule has 5 rings (SSSR count). The molecule has 0 heterocycles. The van der Waals surface area contributed by atoms with Crippen LogP contribution < -0.4 is 9.47 Å². The molecule has 2 bridgehead atoms. The van der Waals surface area contributed by atoms with Gasteiger partial charge in [0.05, 0.1) is 20.8 Å². The van der Waals surface area contributed by atoms with E-state index in [0.29, 0.717) is 11.8 Å². The third kappa shape index (κ3) is 6.39. The van der Waals surface area contributed by atoms with E-state index in [1.54, 1.807) is 32.4 Å². The Balaban J connectivity index is 0.000000468. The summed E-state index contributed by atoms with van der Waals surface area (Å²) in [6, 6.07) is 12.4. The van der Waals surface area contributed by atoms with E-state index in [4.69, 9.17) is 9.47 Å². The number of aliphatic hydroxyl groups is 1. The maximum absolute atomic E-state index is 11.9. The van der Waals surface area contributed by atoms with Gasteiger partial charge in [-0.15, -0.1) is 0 Å². The van der Waals surface area contributed by atoms with Gasteiger partial charge in [0.1, 0.15) is 17.3 Å². The van der Waals surface area contributed by atoms with Crippen molar-refractivity contribution in [3.8, 4) is 11.5 Å². The van der Waals surface area contributed by atoms with Gasteiger partial charge in [0, 0.05) is 11.5 Å². The summed E-state index contributed by atoms with van der Waals surface area (Å²) in [5.74, 6) is 2.94. The topological polar surface area (TPSA) is 38.7 Å². The summed E-state index contributed by atoms with van der Waals surface area (Å²) in [6.45, 7) is 11.7. The quantitative estimate of drug-likeness (QED) is 0.257. The van der Waals surface area contributed by atoms with Crippen molar-refractivity contribution in [1.29, 1.82) is 0 Å². The largest absolute Gasteiger partial charge is 0.496 e. The maximum atomic E-state index is 11.9. The first-order chi connectivity index (χ1) is 17.6.